The first-order valence-corrected chi connectivity index (χ1v) is 9.31. The molecule has 28 heavy (non-hydrogen) atoms. The van der Waals surface area contributed by atoms with E-state index in [1.54, 1.807) is 12.1 Å². The van der Waals surface area contributed by atoms with Gasteiger partial charge in [-0.3, -0.25) is 10.1 Å². The van der Waals surface area contributed by atoms with Crippen LogP contribution in [0.4, 0.5) is 13.9 Å². The Hall–Kier alpha value is -3.38. The van der Waals surface area contributed by atoms with Crippen molar-refractivity contribution in [2.45, 2.75) is 0 Å². The molecule has 0 atom stereocenters. The maximum absolute atomic E-state index is 13.3. The SMILES string of the molecule is O=C(Nc1nc(-c2ccc(F)cc2)c(-c2ccccc2)s1)c1ccc(F)cc1. The summed E-state index contributed by atoms with van der Waals surface area (Å²) in [5.74, 6) is -1.11. The summed E-state index contributed by atoms with van der Waals surface area (Å²) >= 11 is 1.33. The quantitative estimate of drug-likeness (QED) is 0.462. The molecule has 0 bridgehead atoms. The molecule has 4 rings (SSSR count). The molecule has 4 aromatic rings. The van der Waals surface area contributed by atoms with Crippen LogP contribution in [0.5, 0.6) is 0 Å². The first-order chi connectivity index (χ1) is 13.6. The van der Waals surface area contributed by atoms with Crippen LogP contribution in [0.1, 0.15) is 10.4 Å². The second-order valence-electron chi connectivity index (χ2n) is 6.03. The van der Waals surface area contributed by atoms with E-state index in [0.717, 1.165) is 16.0 Å². The lowest BCUT2D eigenvalue weighted by Crippen LogP contribution is -2.11. The van der Waals surface area contributed by atoms with Crippen molar-refractivity contribution in [1.29, 1.82) is 0 Å². The average Bonchev–Trinajstić information content (AvgIpc) is 3.13. The van der Waals surface area contributed by atoms with Gasteiger partial charge in [0, 0.05) is 11.1 Å². The molecule has 0 aliphatic carbocycles. The smallest absolute Gasteiger partial charge is 0.257 e. The van der Waals surface area contributed by atoms with Crippen LogP contribution in [0.2, 0.25) is 0 Å². The molecule has 0 radical (unpaired) electrons. The Kier molecular flexibility index (Phi) is 4.95. The zero-order valence-corrected chi connectivity index (χ0v) is 15.3. The number of carbonyl (C=O) groups is 1. The van der Waals surface area contributed by atoms with Crippen LogP contribution in [-0.4, -0.2) is 10.9 Å². The van der Waals surface area contributed by atoms with E-state index in [-0.39, 0.29) is 11.7 Å². The number of rotatable bonds is 4. The van der Waals surface area contributed by atoms with Gasteiger partial charge in [0.1, 0.15) is 11.6 Å². The highest BCUT2D eigenvalue weighted by molar-refractivity contribution is 7.19. The van der Waals surface area contributed by atoms with Crippen molar-refractivity contribution in [3.63, 3.8) is 0 Å². The number of anilines is 1. The Morgan fingerprint density at radius 2 is 1.39 bits per heavy atom. The molecule has 1 N–H and O–H groups in total. The van der Waals surface area contributed by atoms with Crippen molar-refractivity contribution in [2.24, 2.45) is 0 Å². The molecule has 0 aliphatic heterocycles. The van der Waals surface area contributed by atoms with Crippen LogP contribution in [0.3, 0.4) is 0 Å². The fraction of sp³-hybridized carbons (Fsp3) is 0. The number of nitrogens with zero attached hydrogens (tertiary/aromatic N) is 1. The predicted octanol–water partition coefficient (Wildman–Crippen LogP) is 6.01. The molecule has 3 nitrogen and oxygen atoms in total. The summed E-state index contributed by atoms with van der Waals surface area (Å²) in [6.07, 6.45) is 0. The minimum atomic E-state index is -0.407. The molecule has 0 spiro atoms. The Morgan fingerprint density at radius 3 is 2.04 bits per heavy atom. The predicted molar refractivity (Wildman–Crippen MR) is 107 cm³/mol. The third kappa shape index (κ3) is 3.82. The second kappa shape index (κ2) is 7.70. The first kappa shape index (κ1) is 18.0. The summed E-state index contributed by atoms with van der Waals surface area (Å²) in [5.41, 5.74) is 2.69. The van der Waals surface area contributed by atoms with Crippen molar-refractivity contribution in [2.75, 3.05) is 5.32 Å². The van der Waals surface area contributed by atoms with Crippen molar-refractivity contribution in [1.82, 2.24) is 4.98 Å². The van der Waals surface area contributed by atoms with Crippen LogP contribution >= 0.6 is 11.3 Å². The summed E-state index contributed by atoms with van der Waals surface area (Å²) in [6.45, 7) is 0. The molecule has 0 saturated heterocycles. The van der Waals surface area contributed by atoms with Crippen molar-refractivity contribution >= 4 is 22.4 Å². The maximum atomic E-state index is 13.3. The minimum absolute atomic E-state index is 0.329. The molecular formula is C22H14F2N2OS. The molecule has 0 unspecified atom stereocenters. The van der Waals surface area contributed by atoms with Crippen molar-refractivity contribution in [3.8, 4) is 21.7 Å². The summed E-state index contributed by atoms with van der Waals surface area (Å²) < 4.78 is 26.4. The second-order valence-corrected chi connectivity index (χ2v) is 7.03. The molecule has 1 aromatic heterocycles. The monoisotopic (exact) mass is 392 g/mol. The van der Waals surface area contributed by atoms with Gasteiger partial charge in [-0.15, -0.1) is 0 Å². The number of hydrogen-bond donors (Lipinski definition) is 1. The van der Waals surface area contributed by atoms with Crippen molar-refractivity contribution in [3.05, 3.63) is 96.1 Å². The van der Waals surface area contributed by atoms with Crippen LogP contribution in [0.15, 0.2) is 78.9 Å². The van der Waals surface area contributed by atoms with Gasteiger partial charge in [0.2, 0.25) is 0 Å². The highest BCUT2D eigenvalue weighted by atomic mass is 32.1. The number of carbonyl (C=O) groups excluding carboxylic acids is 1. The molecule has 0 saturated carbocycles. The number of amides is 1. The summed E-state index contributed by atoms with van der Waals surface area (Å²) in [5, 5.41) is 3.17. The topological polar surface area (TPSA) is 42.0 Å². The van der Waals surface area contributed by atoms with Crippen LogP contribution < -0.4 is 5.32 Å². The third-order valence-corrected chi connectivity index (χ3v) is 5.13. The van der Waals surface area contributed by atoms with Crippen LogP contribution in [0.25, 0.3) is 21.7 Å². The summed E-state index contributed by atoms with van der Waals surface area (Å²) in [7, 11) is 0. The fourth-order valence-corrected chi connectivity index (χ4v) is 3.72. The molecular weight excluding hydrogens is 378 g/mol. The van der Waals surface area contributed by atoms with Gasteiger partial charge in [-0.25, -0.2) is 13.8 Å². The number of nitrogens with one attached hydrogen (secondary N) is 1. The Balaban J connectivity index is 1.71. The van der Waals surface area contributed by atoms with Gasteiger partial charge in [-0.1, -0.05) is 41.7 Å². The molecule has 1 heterocycles. The third-order valence-electron chi connectivity index (χ3n) is 4.11. The lowest BCUT2D eigenvalue weighted by atomic mass is 10.1. The van der Waals surface area contributed by atoms with E-state index in [9.17, 15) is 13.6 Å². The van der Waals surface area contributed by atoms with Crippen molar-refractivity contribution < 1.29 is 13.6 Å². The average molecular weight is 392 g/mol. The normalized spacial score (nSPS) is 10.6. The molecule has 0 fully saturated rings. The van der Waals surface area contributed by atoms with E-state index in [4.69, 9.17) is 0 Å². The van der Waals surface area contributed by atoms with Crippen LogP contribution in [-0.2, 0) is 0 Å². The minimum Gasteiger partial charge on any atom is -0.298 e. The lowest BCUT2D eigenvalue weighted by molar-refractivity contribution is 0.102. The van der Waals surface area contributed by atoms with Gasteiger partial charge in [-0.2, -0.15) is 0 Å². The maximum Gasteiger partial charge on any atom is 0.257 e. The van der Waals surface area contributed by atoms with Gasteiger partial charge >= 0.3 is 0 Å². The van der Waals surface area contributed by atoms with Gasteiger partial charge in [0.15, 0.2) is 5.13 Å². The molecule has 138 valence electrons. The molecule has 6 heteroatoms. The van der Waals surface area contributed by atoms with E-state index >= 15 is 0 Å². The van der Waals surface area contributed by atoms with Crippen LogP contribution in [0, 0.1) is 11.6 Å². The molecule has 3 aromatic carbocycles. The number of benzene rings is 3. The van der Waals surface area contributed by atoms with E-state index in [0.29, 0.717) is 16.4 Å². The number of hydrogen-bond acceptors (Lipinski definition) is 3. The number of thiazole rings is 1. The highest BCUT2D eigenvalue weighted by Gasteiger charge is 2.17. The molecule has 0 aliphatic rings. The summed E-state index contributed by atoms with van der Waals surface area (Å²) in [4.78, 5) is 17.9. The van der Waals surface area contributed by atoms with E-state index < -0.39 is 5.82 Å². The zero-order chi connectivity index (χ0) is 19.5. The lowest BCUT2D eigenvalue weighted by Gasteiger charge is -2.02. The van der Waals surface area contributed by atoms with E-state index in [1.165, 1.54) is 47.7 Å². The highest BCUT2D eigenvalue weighted by Crippen LogP contribution is 2.39. The zero-order valence-electron chi connectivity index (χ0n) is 14.5. The first-order valence-electron chi connectivity index (χ1n) is 8.49. The Bertz CT molecular complexity index is 1110. The fourth-order valence-electron chi connectivity index (χ4n) is 2.73. The Labute approximate surface area is 164 Å². The number of aromatic nitrogens is 1. The largest absolute Gasteiger partial charge is 0.298 e. The standard InChI is InChI=1S/C22H14F2N2OS/c23-17-10-6-14(7-11-17)19-20(15-4-2-1-3-5-15)28-22(25-19)26-21(27)16-8-12-18(24)13-9-16/h1-13H,(H,25,26,27). The van der Waals surface area contributed by atoms with E-state index in [1.807, 2.05) is 30.3 Å². The summed E-state index contributed by atoms with van der Waals surface area (Å²) in [6, 6.07) is 21.0. The Morgan fingerprint density at radius 1 is 0.786 bits per heavy atom. The molecule has 1 amide bonds. The van der Waals surface area contributed by atoms with E-state index in [2.05, 4.69) is 10.3 Å². The van der Waals surface area contributed by atoms with Gasteiger partial charge in [-0.05, 0) is 54.1 Å². The number of halogens is 2. The van der Waals surface area contributed by atoms with Gasteiger partial charge < -0.3 is 0 Å². The van der Waals surface area contributed by atoms with Gasteiger partial charge in [0.05, 0.1) is 10.6 Å². The van der Waals surface area contributed by atoms with Gasteiger partial charge in [0.25, 0.3) is 5.91 Å².